The number of likely N-dealkylation sites (tertiary alicyclic amines) is 1. The summed E-state index contributed by atoms with van der Waals surface area (Å²) in [7, 11) is -1.88. The van der Waals surface area contributed by atoms with Crippen molar-refractivity contribution in [3.05, 3.63) is 52.2 Å². The van der Waals surface area contributed by atoms with Crippen LogP contribution in [0.1, 0.15) is 52.3 Å². The van der Waals surface area contributed by atoms with Crippen molar-refractivity contribution in [3.63, 3.8) is 0 Å². The molecule has 4 heterocycles. The van der Waals surface area contributed by atoms with Gasteiger partial charge < -0.3 is 9.47 Å². The molecule has 0 unspecified atom stereocenters. The Morgan fingerprint density at radius 1 is 1.03 bits per heavy atom. The lowest BCUT2D eigenvalue weighted by molar-refractivity contribution is 0.0728. The topological polar surface area (TPSA) is 75.5 Å². The molecule has 0 aliphatic carbocycles. The summed E-state index contributed by atoms with van der Waals surface area (Å²) in [6, 6.07) is 9.44. The van der Waals surface area contributed by atoms with E-state index >= 15 is 0 Å². The number of nitrogens with zero attached hydrogens (tertiary/aromatic N) is 4. The van der Waals surface area contributed by atoms with Crippen LogP contribution in [0.3, 0.4) is 0 Å². The summed E-state index contributed by atoms with van der Waals surface area (Å²) < 4.78 is 31.0. The fourth-order valence-corrected chi connectivity index (χ4v) is 7.85. The third-order valence-corrected chi connectivity index (χ3v) is 10.1. The van der Waals surface area contributed by atoms with Gasteiger partial charge in [0.15, 0.2) is 0 Å². The molecule has 2 aliphatic rings. The molecule has 0 atom stereocenters. The Kier molecular flexibility index (Phi) is 6.02. The van der Waals surface area contributed by atoms with Gasteiger partial charge in [0.1, 0.15) is 14.8 Å². The SMILES string of the molecule is Cc1nc(-c2cc(S(=O)(=O)N3CCCc4ccccc43)c(C)n2C)sc1C(=O)N1CCCCC1. The van der Waals surface area contributed by atoms with Crippen LogP contribution >= 0.6 is 11.3 Å². The van der Waals surface area contributed by atoms with Crippen LogP contribution in [0, 0.1) is 13.8 Å². The molecule has 0 spiro atoms. The van der Waals surface area contributed by atoms with E-state index in [1.165, 1.54) is 15.6 Å². The number of hydrogen-bond donors (Lipinski definition) is 0. The van der Waals surface area contributed by atoms with Gasteiger partial charge in [0, 0.05) is 32.4 Å². The van der Waals surface area contributed by atoms with Crippen molar-refractivity contribution in [2.75, 3.05) is 23.9 Å². The highest BCUT2D eigenvalue weighted by Crippen LogP contribution is 2.37. The number of rotatable bonds is 4. The van der Waals surface area contributed by atoms with E-state index in [1.54, 1.807) is 6.07 Å². The molecule has 2 aliphatic heterocycles. The molecule has 1 aromatic carbocycles. The number of carbonyl (C=O) groups is 1. The molecule has 7 nitrogen and oxygen atoms in total. The van der Waals surface area contributed by atoms with Gasteiger partial charge >= 0.3 is 0 Å². The first-order valence-electron chi connectivity index (χ1n) is 11.8. The Morgan fingerprint density at radius 2 is 1.76 bits per heavy atom. The molecule has 9 heteroatoms. The first-order valence-corrected chi connectivity index (χ1v) is 14.1. The zero-order valence-corrected chi connectivity index (χ0v) is 21.5. The maximum Gasteiger partial charge on any atom is 0.266 e. The minimum absolute atomic E-state index is 0.0321. The van der Waals surface area contributed by atoms with E-state index in [9.17, 15) is 13.2 Å². The molecule has 1 fully saturated rings. The molecule has 2 aromatic heterocycles. The van der Waals surface area contributed by atoms with E-state index in [0.29, 0.717) is 38.4 Å². The standard InChI is InChI=1S/C25H30N4O3S2/c1-17-23(25(30)28-13-7-4-8-14-28)33-24(26-17)21-16-22(18(2)27(21)3)34(31,32)29-15-9-11-19-10-5-6-12-20(19)29/h5-6,10,12,16H,4,7-9,11,13-15H2,1-3H3. The lowest BCUT2D eigenvalue weighted by Crippen LogP contribution is -2.35. The van der Waals surface area contributed by atoms with E-state index in [4.69, 9.17) is 0 Å². The van der Waals surface area contributed by atoms with Gasteiger partial charge in [-0.3, -0.25) is 9.10 Å². The molecule has 3 aromatic rings. The molecule has 0 bridgehead atoms. The summed E-state index contributed by atoms with van der Waals surface area (Å²) in [5.41, 5.74) is 3.89. The van der Waals surface area contributed by atoms with Crippen LogP contribution in [0.25, 0.3) is 10.7 Å². The van der Waals surface area contributed by atoms with E-state index in [2.05, 4.69) is 4.98 Å². The second-order valence-electron chi connectivity index (χ2n) is 9.13. The molecule has 0 saturated carbocycles. The fraction of sp³-hybridized carbons (Fsp3) is 0.440. The number of sulfonamides is 1. The second-order valence-corrected chi connectivity index (χ2v) is 12.0. The van der Waals surface area contributed by atoms with E-state index in [0.717, 1.165) is 56.4 Å². The van der Waals surface area contributed by atoms with Crippen molar-refractivity contribution in [1.82, 2.24) is 14.5 Å². The maximum absolute atomic E-state index is 13.8. The van der Waals surface area contributed by atoms with Crippen LogP contribution in [0.15, 0.2) is 35.2 Å². The summed E-state index contributed by atoms with van der Waals surface area (Å²) in [4.78, 5) is 20.6. The van der Waals surface area contributed by atoms with Gasteiger partial charge in [0.25, 0.3) is 15.9 Å². The van der Waals surface area contributed by atoms with Crippen LogP contribution in [0.4, 0.5) is 5.69 Å². The Morgan fingerprint density at radius 3 is 2.53 bits per heavy atom. The average molecular weight is 499 g/mol. The monoisotopic (exact) mass is 498 g/mol. The summed E-state index contributed by atoms with van der Waals surface area (Å²) in [6.07, 6.45) is 4.91. The highest BCUT2D eigenvalue weighted by Gasteiger charge is 2.33. The van der Waals surface area contributed by atoms with Gasteiger partial charge in [-0.2, -0.15) is 0 Å². The number of anilines is 1. The van der Waals surface area contributed by atoms with Crippen LogP contribution in [0.2, 0.25) is 0 Å². The van der Waals surface area contributed by atoms with Crippen molar-refractivity contribution in [3.8, 4) is 10.7 Å². The van der Waals surface area contributed by atoms with Crippen LogP contribution in [0.5, 0.6) is 0 Å². The molecule has 1 amide bonds. The quantitative estimate of drug-likeness (QED) is 0.530. The predicted molar refractivity (Wildman–Crippen MR) is 135 cm³/mol. The van der Waals surface area contributed by atoms with Crippen LogP contribution < -0.4 is 4.31 Å². The minimum Gasteiger partial charge on any atom is -0.345 e. The highest BCUT2D eigenvalue weighted by molar-refractivity contribution is 7.92. The van der Waals surface area contributed by atoms with Gasteiger partial charge in [-0.1, -0.05) is 18.2 Å². The molecule has 5 rings (SSSR count). The van der Waals surface area contributed by atoms with Crippen molar-refractivity contribution in [1.29, 1.82) is 0 Å². The summed E-state index contributed by atoms with van der Waals surface area (Å²) >= 11 is 1.35. The van der Waals surface area contributed by atoms with Crippen LogP contribution in [-0.2, 0) is 23.5 Å². The summed E-state index contributed by atoms with van der Waals surface area (Å²) in [6.45, 7) is 5.72. The third kappa shape index (κ3) is 3.84. The zero-order chi connectivity index (χ0) is 24.0. The van der Waals surface area contributed by atoms with Gasteiger partial charge in [-0.25, -0.2) is 13.4 Å². The summed E-state index contributed by atoms with van der Waals surface area (Å²) in [5, 5.41) is 0.670. The predicted octanol–water partition coefficient (Wildman–Crippen LogP) is 4.53. The molecule has 180 valence electrons. The number of aryl methyl sites for hydroxylation is 2. The highest BCUT2D eigenvalue weighted by atomic mass is 32.2. The first-order chi connectivity index (χ1) is 16.3. The first kappa shape index (κ1) is 23.1. The Bertz CT molecular complexity index is 1350. The number of benzene rings is 1. The number of fused-ring (bicyclic) bond motifs is 1. The Balaban J connectivity index is 1.51. The smallest absolute Gasteiger partial charge is 0.266 e. The molecule has 0 N–H and O–H groups in total. The fourth-order valence-electron chi connectivity index (χ4n) is 4.95. The van der Waals surface area contributed by atoms with Crippen molar-refractivity contribution < 1.29 is 13.2 Å². The lowest BCUT2D eigenvalue weighted by atomic mass is 10.0. The molecule has 34 heavy (non-hydrogen) atoms. The maximum atomic E-state index is 13.8. The number of carbonyl (C=O) groups excluding carboxylic acids is 1. The van der Waals surface area contributed by atoms with E-state index in [1.807, 2.05) is 54.6 Å². The van der Waals surface area contributed by atoms with E-state index in [-0.39, 0.29) is 5.91 Å². The number of aromatic nitrogens is 2. The number of amides is 1. The lowest BCUT2D eigenvalue weighted by Gasteiger charge is -2.30. The number of piperidine rings is 1. The Labute approximate surface area is 205 Å². The second kappa shape index (κ2) is 8.85. The molecular weight excluding hydrogens is 468 g/mol. The summed E-state index contributed by atoms with van der Waals surface area (Å²) in [5.74, 6) is 0.0321. The Hall–Kier alpha value is -2.65. The van der Waals surface area contributed by atoms with Gasteiger partial charge in [-0.15, -0.1) is 11.3 Å². The van der Waals surface area contributed by atoms with Gasteiger partial charge in [-0.05, 0) is 63.6 Å². The molecule has 1 saturated heterocycles. The number of thiazole rings is 1. The zero-order valence-electron chi connectivity index (χ0n) is 19.9. The molecule has 0 radical (unpaired) electrons. The number of para-hydroxylation sites is 1. The van der Waals surface area contributed by atoms with Gasteiger partial charge in [0.2, 0.25) is 0 Å². The average Bonchev–Trinajstić information content (AvgIpc) is 3.38. The normalized spacial score (nSPS) is 16.6. The number of hydrogen-bond acceptors (Lipinski definition) is 5. The van der Waals surface area contributed by atoms with Crippen molar-refractivity contribution in [2.45, 2.75) is 50.8 Å². The largest absolute Gasteiger partial charge is 0.345 e. The van der Waals surface area contributed by atoms with Crippen molar-refractivity contribution >= 4 is 33.0 Å². The third-order valence-electron chi connectivity index (χ3n) is 6.98. The van der Waals surface area contributed by atoms with E-state index < -0.39 is 10.0 Å². The molecular formula is C25H30N4O3S2. The van der Waals surface area contributed by atoms with Crippen LogP contribution in [-0.4, -0.2) is 48.4 Å². The minimum atomic E-state index is -3.74. The van der Waals surface area contributed by atoms with Gasteiger partial charge in [0.05, 0.1) is 17.1 Å². The van der Waals surface area contributed by atoms with Crippen molar-refractivity contribution in [2.24, 2.45) is 7.05 Å².